The molecule has 0 aromatic heterocycles. The number of carboxylic acids is 1. The molecule has 0 spiro atoms. The summed E-state index contributed by atoms with van der Waals surface area (Å²) in [4.78, 5) is 49.3. The molecule has 0 saturated carbocycles. The highest BCUT2D eigenvalue weighted by Crippen LogP contribution is 2.11. The van der Waals surface area contributed by atoms with Crippen molar-refractivity contribution >= 4 is 23.7 Å². The molecule has 11 N–H and O–H groups in total. The average Bonchev–Trinajstić information content (AvgIpc) is 2.81. The number of phenolic OH excluding ortho intramolecular Hbond substituents is 1. The van der Waals surface area contributed by atoms with Gasteiger partial charge in [-0.2, -0.15) is 0 Å². The van der Waals surface area contributed by atoms with Crippen LogP contribution in [0.5, 0.6) is 5.75 Å². The highest BCUT2D eigenvalue weighted by molar-refractivity contribution is 5.94. The van der Waals surface area contributed by atoms with Gasteiger partial charge < -0.3 is 47.8 Å². The van der Waals surface area contributed by atoms with Crippen molar-refractivity contribution in [3.05, 3.63) is 29.8 Å². The first-order chi connectivity index (χ1) is 16.5. The lowest BCUT2D eigenvalue weighted by Crippen LogP contribution is -2.59. The van der Waals surface area contributed by atoms with Gasteiger partial charge >= 0.3 is 5.97 Å². The number of aliphatic hydroxyl groups excluding tert-OH is 2. The lowest BCUT2D eigenvalue weighted by atomic mass is 10.0. The standard InChI is InChI=1S/C22H35N5O8/c1-12(29)18(24)21(33)25-15(4-2-3-9-23)19(31)27-17(11-28)20(32)26-16(22(34)35)10-13-5-7-14(30)8-6-13/h5-8,12,15-18,28-30H,2-4,9-11,23-24H2,1H3,(H,25,33)(H,26,32)(H,27,31)(H,34,35). The van der Waals surface area contributed by atoms with Gasteiger partial charge in [-0.1, -0.05) is 12.1 Å². The van der Waals surface area contributed by atoms with E-state index in [1.165, 1.54) is 31.2 Å². The van der Waals surface area contributed by atoms with Crippen LogP contribution in [-0.4, -0.2) is 87.5 Å². The molecule has 0 heterocycles. The second kappa shape index (κ2) is 14.9. The van der Waals surface area contributed by atoms with E-state index >= 15 is 0 Å². The Bertz CT molecular complexity index is 849. The predicted molar refractivity (Wildman–Crippen MR) is 125 cm³/mol. The molecular weight excluding hydrogens is 462 g/mol. The third-order valence-corrected chi connectivity index (χ3v) is 5.21. The first-order valence-corrected chi connectivity index (χ1v) is 11.2. The maximum Gasteiger partial charge on any atom is 0.326 e. The molecule has 1 aromatic carbocycles. The van der Waals surface area contributed by atoms with Crippen LogP contribution in [0.1, 0.15) is 31.7 Å². The minimum atomic E-state index is -1.50. The molecule has 0 saturated heterocycles. The summed E-state index contributed by atoms with van der Waals surface area (Å²) in [6.45, 7) is 0.839. The Hall–Kier alpha value is -3.26. The maximum absolute atomic E-state index is 12.8. The Labute approximate surface area is 202 Å². The fourth-order valence-corrected chi connectivity index (χ4v) is 3.06. The lowest BCUT2D eigenvalue weighted by molar-refractivity contribution is -0.142. The number of phenols is 1. The number of carbonyl (C=O) groups is 4. The predicted octanol–water partition coefficient (Wildman–Crippen LogP) is -2.70. The molecule has 0 aliphatic carbocycles. The molecule has 0 fully saturated rings. The summed E-state index contributed by atoms with van der Waals surface area (Å²) in [6.07, 6.45) is -0.103. The molecule has 0 aliphatic heterocycles. The van der Waals surface area contributed by atoms with E-state index in [1.807, 2.05) is 0 Å². The smallest absolute Gasteiger partial charge is 0.326 e. The van der Waals surface area contributed by atoms with Gasteiger partial charge in [0, 0.05) is 6.42 Å². The lowest BCUT2D eigenvalue weighted by Gasteiger charge is -2.25. The molecule has 5 unspecified atom stereocenters. The molecule has 0 bridgehead atoms. The molecule has 196 valence electrons. The summed E-state index contributed by atoms with van der Waals surface area (Å²) in [5.74, 6) is -3.87. The fraction of sp³-hybridized carbons (Fsp3) is 0.545. The van der Waals surface area contributed by atoms with E-state index in [2.05, 4.69) is 16.0 Å². The minimum Gasteiger partial charge on any atom is -0.508 e. The number of benzene rings is 1. The van der Waals surface area contributed by atoms with Crippen LogP contribution in [0.15, 0.2) is 24.3 Å². The van der Waals surface area contributed by atoms with E-state index in [4.69, 9.17) is 11.5 Å². The highest BCUT2D eigenvalue weighted by Gasteiger charge is 2.30. The number of hydrogen-bond acceptors (Lipinski definition) is 9. The van der Waals surface area contributed by atoms with Crippen LogP contribution in [0.25, 0.3) is 0 Å². The van der Waals surface area contributed by atoms with Gasteiger partial charge in [0.2, 0.25) is 17.7 Å². The van der Waals surface area contributed by atoms with Crippen molar-refractivity contribution in [3.8, 4) is 5.75 Å². The van der Waals surface area contributed by atoms with Crippen molar-refractivity contribution < 1.29 is 39.6 Å². The van der Waals surface area contributed by atoms with E-state index in [1.54, 1.807) is 0 Å². The number of carbonyl (C=O) groups excluding carboxylic acids is 3. The van der Waals surface area contributed by atoms with Crippen molar-refractivity contribution in [2.24, 2.45) is 11.5 Å². The Balaban J connectivity index is 2.88. The van der Waals surface area contributed by atoms with E-state index in [0.717, 1.165) is 0 Å². The van der Waals surface area contributed by atoms with Gasteiger partial charge in [-0.15, -0.1) is 0 Å². The van der Waals surface area contributed by atoms with Crippen LogP contribution in [0, 0.1) is 0 Å². The van der Waals surface area contributed by atoms with Crippen molar-refractivity contribution in [1.82, 2.24) is 16.0 Å². The Morgan fingerprint density at radius 3 is 1.97 bits per heavy atom. The van der Waals surface area contributed by atoms with E-state index in [-0.39, 0.29) is 18.6 Å². The summed E-state index contributed by atoms with van der Waals surface area (Å²) in [6, 6.07) is 0.446. The second-order valence-corrected chi connectivity index (χ2v) is 8.13. The number of aliphatic hydroxyl groups is 2. The van der Waals surface area contributed by atoms with Gasteiger partial charge in [0.25, 0.3) is 0 Å². The summed E-state index contributed by atoms with van der Waals surface area (Å²) >= 11 is 0. The average molecular weight is 498 g/mol. The number of hydrogen-bond donors (Lipinski definition) is 9. The number of aromatic hydroxyl groups is 1. The number of amides is 3. The largest absolute Gasteiger partial charge is 0.508 e. The van der Waals surface area contributed by atoms with Crippen LogP contribution >= 0.6 is 0 Å². The maximum atomic E-state index is 12.8. The zero-order valence-electron chi connectivity index (χ0n) is 19.5. The Kier molecular flexibility index (Phi) is 12.7. The quantitative estimate of drug-likeness (QED) is 0.114. The molecule has 13 heteroatoms. The van der Waals surface area contributed by atoms with Gasteiger partial charge in [-0.3, -0.25) is 14.4 Å². The third kappa shape index (κ3) is 10.3. The van der Waals surface area contributed by atoms with Crippen molar-refractivity contribution in [2.75, 3.05) is 13.2 Å². The number of aliphatic carboxylic acids is 1. The number of nitrogens with one attached hydrogen (secondary N) is 3. The molecule has 0 aliphatic rings. The fourth-order valence-electron chi connectivity index (χ4n) is 3.06. The Morgan fingerprint density at radius 2 is 1.46 bits per heavy atom. The summed E-state index contributed by atoms with van der Waals surface area (Å²) < 4.78 is 0. The monoisotopic (exact) mass is 497 g/mol. The normalized spacial score (nSPS) is 15.2. The first kappa shape index (κ1) is 29.8. The van der Waals surface area contributed by atoms with Crippen molar-refractivity contribution in [3.63, 3.8) is 0 Å². The zero-order valence-corrected chi connectivity index (χ0v) is 19.5. The second-order valence-electron chi connectivity index (χ2n) is 8.13. The molecule has 0 radical (unpaired) electrons. The summed E-state index contributed by atoms with van der Waals surface area (Å²) in [5, 5.41) is 45.0. The molecule has 13 nitrogen and oxygen atoms in total. The van der Waals surface area contributed by atoms with Gasteiger partial charge in [0.05, 0.1) is 12.7 Å². The van der Waals surface area contributed by atoms with Crippen LogP contribution in [0.3, 0.4) is 0 Å². The van der Waals surface area contributed by atoms with E-state index < -0.39 is 60.6 Å². The van der Waals surface area contributed by atoms with Crippen LogP contribution in [0.2, 0.25) is 0 Å². The third-order valence-electron chi connectivity index (χ3n) is 5.21. The van der Waals surface area contributed by atoms with Crippen LogP contribution in [0.4, 0.5) is 0 Å². The molecule has 3 amide bonds. The van der Waals surface area contributed by atoms with Gasteiger partial charge in [0.15, 0.2) is 0 Å². The van der Waals surface area contributed by atoms with Gasteiger partial charge in [-0.05, 0) is 50.4 Å². The summed E-state index contributed by atoms with van der Waals surface area (Å²) in [7, 11) is 0. The number of rotatable bonds is 15. The van der Waals surface area contributed by atoms with E-state index in [9.17, 15) is 39.6 Å². The molecule has 1 rings (SSSR count). The van der Waals surface area contributed by atoms with E-state index in [0.29, 0.717) is 24.9 Å². The minimum absolute atomic E-state index is 0.00442. The van der Waals surface area contributed by atoms with Gasteiger partial charge in [0.1, 0.15) is 29.9 Å². The number of unbranched alkanes of at least 4 members (excludes halogenated alkanes) is 1. The molecular formula is C22H35N5O8. The van der Waals surface area contributed by atoms with Crippen LogP contribution in [-0.2, 0) is 25.6 Å². The topological polar surface area (TPSA) is 237 Å². The number of carboxylic acid groups (broad SMARTS) is 1. The SMILES string of the molecule is CC(O)C(N)C(=O)NC(CCCCN)C(=O)NC(CO)C(=O)NC(Cc1ccc(O)cc1)C(=O)O. The number of nitrogens with two attached hydrogens (primary N) is 2. The summed E-state index contributed by atoms with van der Waals surface area (Å²) in [5.41, 5.74) is 11.6. The van der Waals surface area contributed by atoms with Gasteiger partial charge in [-0.25, -0.2) is 4.79 Å². The molecule has 35 heavy (non-hydrogen) atoms. The van der Waals surface area contributed by atoms with Crippen molar-refractivity contribution in [2.45, 2.75) is 62.9 Å². The first-order valence-electron chi connectivity index (χ1n) is 11.2. The van der Waals surface area contributed by atoms with Crippen molar-refractivity contribution in [1.29, 1.82) is 0 Å². The Morgan fingerprint density at radius 1 is 0.914 bits per heavy atom. The highest BCUT2D eigenvalue weighted by atomic mass is 16.4. The molecule has 5 atom stereocenters. The van der Waals surface area contributed by atoms with Crippen LogP contribution < -0.4 is 27.4 Å². The molecule has 1 aromatic rings. The zero-order chi connectivity index (χ0) is 26.5.